The maximum atomic E-state index is 3.60. The molecule has 2 atom stereocenters. The van der Waals surface area contributed by atoms with Crippen LogP contribution in [0.5, 0.6) is 0 Å². The van der Waals surface area contributed by atoms with Crippen LogP contribution in [0.3, 0.4) is 0 Å². The standard InChI is InChI=1S/2C6H14.C5H12.C4H9.C2H6.CH3.2H3P.2Y/c2*1-3-5-6-4-2;1-3-5-4-2;1-3-4-2;1-2;;;;;/h2*3-6H2,1-2H3;3-5H2,1-2H3;1,3-4H2,2H3;1-2H3;3*1H3;;/q;;;-1;;-1;;;;. The van der Waals surface area contributed by atoms with Crippen LogP contribution < -0.4 is 0 Å². The van der Waals surface area contributed by atoms with E-state index < -0.39 is 0 Å². The van der Waals surface area contributed by atoms with E-state index in [-0.39, 0.29) is 92.6 Å². The Bertz CT molecular complexity index is 96.8. The van der Waals surface area contributed by atoms with Gasteiger partial charge in [-0.3, -0.25) is 0 Å². The van der Waals surface area contributed by atoms with Crippen LogP contribution in [-0.2, 0) is 65.4 Å². The summed E-state index contributed by atoms with van der Waals surface area (Å²) in [5, 5.41) is 0. The summed E-state index contributed by atoms with van der Waals surface area (Å²) in [6.45, 7) is 23.1. The molecule has 0 aromatic carbocycles. The van der Waals surface area contributed by atoms with Gasteiger partial charge in [-0.25, -0.2) is 0 Å². The molecule has 0 rings (SSSR count). The number of rotatable bonds is 9. The zero-order valence-corrected chi connectivity index (χ0v) is 31.0. The van der Waals surface area contributed by atoms with E-state index in [9.17, 15) is 0 Å². The minimum absolute atomic E-state index is 0. The molecule has 0 saturated heterocycles. The maximum Gasteiger partial charge on any atom is 0 e. The molecule has 0 aliphatic carbocycles. The Balaban J connectivity index is -0.0000000178. The zero-order valence-electron chi connectivity index (χ0n) is 22.5. The third-order valence-corrected chi connectivity index (χ3v) is 2.97. The van der Waals surface area contributed by atoms with Crippen molar-refractivity contribution >= 4 is 19.8 Å². The van der Waals surface area contributed by atoms with E-state index in [0.717, 1.165) is 6.42 Å². The normalized spacial score (nSPS) is 6.64. The number of hydrogen-bond acceptors (Lipinski definition) is 0. The van der Waals surface area contributed by atoms with Crippen LogP contribution >= 0.6 is 19.8 Å². The van der Waals surface area contributed by atoms with Crippen LogP contribution in [0.15, 0.2) is 0 Å². The first-order chi connectivity index (χ1) is 11.2. The third-order valence-electron chi connectivity index (χ3n) is 2.97. The molecular weight excluding hydrogens is 528 g/mol. The number of unbranched alkanes of at least 4 members (excludes halogenated alkanes) is 9. The smallest absolute Gasteiger partial charge is 0 e. The van der Waals surface area contributed by atoms with Crippen molar-refractivity contribution in [2.45, 2.75) is 146 Å². The van der Waals surface area contributed by atoms with Crippen LogP contribution in [0.2, 0.25) is 0 Å². The van der Waals surface area contributed by atoms with Crippen LogP contribution in [-0.4, -0.2) is 0 Å². The van der Waals surface area contributed by atoms with Gasteiger partial charge in [0, 0.05) is 65.4 Å². The summed E-state index contributed by atoms with van der Waals surface area (Å²) in [7, 11) is 0. The molecule has 0 bridgehead atoms. The molecule has 0 saturated carbocycles. The Kier molecular flexibility index (Phi) is 222. The molecule has 0 aromatic heterocycles. The molecule has 0 aliphatic heterocycles. The minimum atomic E-state index is 0. The second-order valence-electron chi connectivity index (χ2n) is 5.62. The van der Waals surface area contributed by atoms with E-state index >= 15 is 0 Å². The van der Waals surface area contributed by atoms with E-state index in [4.69, 9.17) is 0 Å². The van der Waals surface area contributed by atoms with E-state index in [2.05, 4.69) is 55.4 Å². The fourth-order valence-corrected chi connectivity index (χ4v) is 1.35. The van der Waals surface area contributed by atoms with Crippen molar-refractivity contribution in [3.63, 3.8) is 0 Å². The molecule has 0 fully saturated rings. The topological polar surface area (TPSA) is 0 Å². The van der Waals surface area contributed by atoms with Gasteiger partial charge in [-0.1, -0.05) is 139 Å². The van der Waals surface area contributed by atoms with Crippen molar-refractivity contribution in [3.05, 3.63) is 14.4 Å². The van der Waals surface area contributed by atoms with Crippen molar-refractivity contribution in [2.75, 3.05) is 0 Å². The number of hydrogen-bond donors (Lipinski definition) is 0. The molecule has 28 heavy (non-hydrogen) atoms. The van der Waals surface area contributed by atoms with E-state index in [1.165, 1.54) is 77.0 Å². The summed E-state index contributed by atoms with van der Waals surface area (Å²) >= 11 is 0. The second-order valence-corrected chi connectivity index (χ2v) is 5.62. The molecule has 2 unspecified atom stereocenters. The zero-order chi connectivity index (χ0) is 19.2. The first-order valence-electron chi connectivity index (χ1n) is 10.9. The van der Waals surface area contributed by atoms with Gasteiger partial charge in [-0.15, -0.1) is 0 Å². The van der Waals surface area contributed by atoms with Crippen molar-refractivity contribution in [1.82, 2.24) is 0 Å². The summed E-state index contributed by atoms with van der Waals surface area (Å²) < 4.78 is 0. The van der Waals surface area contributed by atoms with Gasteiger partial charge in [0.1, 0.15) is 0 Å². The Morgan fingerprint density at radius 3 is 0.607 bits per heavy atom. The van der Waals surface area contributed by atoms with E-state index in [1.807, 2.05) is 13.8 Å². The van der Waals surface area contributed by atoms with Gasteiger partial charge in [0.25, 0.3) is 0 Å². The average Bonchev–Trinajstić information content (AvgIpc) is 2.61. The Hall–Kier alpha value is 3.07. The summed E-state index contributed by atoms with van der Waals surface area (Å²) in [5.74, 6) is 0. The van der Waals surface area contributed by atoms with Gasteiger partial charge in [-0.2, -0.15) is 26.2 Å². The fourth-order valence-electron chi connectivity index (χ4n) is 1.35. The minimum Gasteiger partial charge on any atom is -0.358 e. The van der Waals surface area contributed by atoms with E-state index in [1.54, 1.807) is 0 Å². The molecule has 4 heteroatoms. The first-order valence-corrected chi connectivity index (χ1v) is 10.9. The molecule has 0 aromatic rings. The van der Waals surface area contributed by atoms with Crippen LogP contribution in [0.25, 0.3) is 0 Å². The summed E-state index contributed by atoms with van der Waals surface area (Å²) in [6, 6.07) is 0. The van der Waals surface area contributed by atoms with Gasteiger partial charge in [-0.05, 0) is 0 Å². The summed E-state index contributed by atoms with van der Waals surface area (Å²) in [4.78, 5) is 0. The largest absolute Gasteiger partial charge is 0.358 e. The average molecular weight is 593 g/mol. The molecule has 0 N–H and O–H groups in total. The first kappa shape index (κ1) is 63.3. The quantitative estimate of drug-likeness (QED) is 0.142. The fraction of sp³-hybridized carbons (Fsp3) is 0.917. The van der Waals surface area contributed by atoms with Gasteiger partial charge in [0.05, 0.1) is 0 Å². The van der Waals surface area contributed by atoms with Gasteiger partial charge >= 0.3 is 0 Å². The van der Waals surface area contributed by atoms with Crippen LogP contribution in [0.4, 0.5) is 0 Å². The SMILES string of the molecule is CC.CCCCC.CCCCCC.CCCCCC.P.P.[CH2-]CCC.[CH3-].[Y].[Y]. The van der Waals surface area contributed by atoms with Gasteiger partial charge in [0.2, 0.25) is 0 Å². The molecule has 0 nitrogen and oxygen atoms in total. The Morgan fingerprint density at radius 1 is 0.429 bits per heavy atom. The summed E-state index contributed by atoms with van der Waals surface area (Å²) in [6.07, 6.45) is 17.4. The third kappa shape index (κ3) is 157. The van der Waals surface area contributed by atoms with E-state index in [0.29, 0.717) is 0 Å². The predicted molar refractivity (Wildman–Crippen MR) is 145 cm³/mol. The molecule has 0 spiro atoms. The molecule has 0 aliphatic rings. The molecule has 2 radical (unpaired) electrons. The van der Waals surface area contributed by atoms with Crippen molar-refractivity contribution in [1.29, 1.82) is 0 Å². The molecule has 178 valence electrons. The molecule has 0 heterocycles. The summed E-state index contributed by atoms with van der Waals surface area (Å²) in [5.41, 5.74) is 0. The van der Waals surface area contributed by atoms with Crippen molar-refractivity contribution in [2.24, 2.45) is 0 Å². The Morgan fingerprint density at radius 2 is 0.571 bits per heavy atom. The predicted octanol–water partition coefficient (Wildman–Crippen LogP) is 10.6. The van der Waals surface area contributed by atoms with Gasteiger partial charge in [0.15, 0.2) is 0 Å². The maximum absolute atomic E-state index is 3.60. The molecular formula is C24H64P2Y2-2. The second kappa shape index (κ2) is 98.4. The Labute approximate surface area is 242 Å². The monoisotopic (exact) mass is 592 g/mol. The van der Waals surface area contributed by atoms with Crippen LogP contribution in [0.1, 0.15) is 146 Å². The van der Waals surface area contributed by atoms with Crippen molar-refractivity contribution < 1.29 is 65.4 Å². The van der Waals surface area contributed by atoms with Crippen molar-refractivity contribution in [3.8, 4) is 0 Å². The van der Waals surface area contributed by atoms with Crippen LogP contribution in [0, 0.1) is 14.4 Å². The molecule has 0 amide bonds. The van der Waals surface area contributed by atoms with Gasteiger partial charge < -0.3 is 14.4 Å².